The van der Waals surface area contributed by atoms with E-state index in [1.165, 1.54) is 5.56 Å². The summed E-state index contributed by atoms with van der Waals surface area (Å²) in [5.74, 6) is 2.08. The predicted molar refractivity (Wildman–Crippen MR) is 110 cm³/mol. The Morgan fingerprint density at radius 2 is 2.08 bits per heavy atom. The second kappa shape index (κ2) is 9.73. The van der Waals surface area contributed by atoms with Crippen molar-refractivity contribution in [1.29, 1.82) is 0 Å². The standard InChI is InChI=1S/C16H28N8.HI/c1-7-17-16(18-8-14-19-11-20-24(14)6)22(4)9-13-10-23(5)21-15(13)12(2)3;/h10-12H,7-9H2,1-6H3,(H,17,18);1H. The summed E-state index contributed by atoms with van der Waals surface area (Å²) < 4.78 is 3.62. The average molecular weight is 460 g/mol. The molecule has 0 bridgehead atoms. The lowest BCUT2D eigenvalue weighted by Gasteiger charge is -2.22. The molecule has 8 nitrogen and oxygen atoms in total. The predicted octanol–water partition coefficient (Wildman–Crippen LogP) is 1.89. The van der Waals surface area contributed by atoms with Gasteiger partial charge in [-0.15, -0.1) is 24.0 Å². The van der Waals surface area contributed by atoms with E-state index in [1.807, 2.05) is 25.8 Å². The summed E-state index contributed by atoms with van der Waals surface area (Å²) in [5.41, 5.74) is 2.35. The van der Waals surface area contributed by atoms with Crippen LogP contribution in [0.3, 0.4) is 0 Å². The van der Waals surface area contributed by atoms with Crippen molar-refractivity contribution < 1.29 is 0 Å². The maximum absolute atomic E-state index is 4.68. The van der Waals surface area contributed by atoms with Crippen LogP contribution in [-0.4, -0.2) is 49.0 Å². The minimum Gasteiger partial charge on any atom is -0.357 e. The number of aryl methyl sites for hydroxylation is 2. The maximum Gasteiger partial charge on any atom is 0.194 e. The van der Waals surface area contributed by atoms with E-state index < -0.39 is 0 Å². The average Bonchev–Trinajstić information content (AvgIpc) is 3.09. The highest BCUT2D eigenvalue weighted by Crippen LogP contribution is 2.18. The van der Waals surface area contributed by atoms with Gasteiger partial charge in [-0.25, -0.2) is 9.98 Å². The summed E-state index contributed by atoms with van der Waals surface area (Å²) in [5, 5.41) is 12.0. The zero-order valence-corrected chi connectivity index (χ0v) is 18.2. The maximum atomic E-state index is 4.68. The molecule has 0 aliphatic carbocycles. The molecule has 0 saturated heterocycles. The second-order valence-electron chi connectivity index (χ2n) is 6.19. The smallest absolute Gasteiger partial charge is 0.194 e. The first kappa shape index (κ1) is 21.4. The van der Waals surface area contributed by atoms with Crippen molar-refractivity contribution in [2.75, 3.05) is 13.6 Å². The zero-order chi connectivity index (χ0) is 17.7. The molecule has 140 valence electrons. The number of nitrogens with zero attached hydrogens (tertiary/aromatic N) is 7. The molecule has 0 spiro atoms. The Hall–Kier alpha value is -1.65. The van der Waals surface area contributed by atoms with Gasteiger partial charge < -0.3 is 10.2 Å². The molecule has 0 aliphatic rings. The molecule has 1 N–H and O–H groups in total. The molecule has 0 aromatic carbocycles. The summed E-state index contributed by atoms with van der Waals surface area (Å²) in [6.07, 6.45) is 3.63. The molecule has 0 fully saturated rings. The van der Waals surface area contributed by atoms with Gasteiger partial charge in [-0.05, 0) is 12.8 Å². The second-order valence-corrected chi connectivity index (χ2v) is 6.19. The van der Waals surface area contributed by atoms with Crippen molar-refractivity contribution in [3.63, 3.8) is 0 Å². The molecule has 2 heterocycles. The lowest BCUT2D eigenvalue weighted by Crippen LogP contribution is -2.38. The quantitative estimate of drug-likeness (QED) is 0.405. The number of aliphatic imine (C=N–C) groups is 1. The molecule has 2 aromatic heterocycles. The fourth-order valence-electron chi connectivity index (χ4n) is 2.57. The normalized spacial score (nSPS) is 11.6. The summed E-state index contributed by atoms with van der Waals surface area (Å²) in [6, 6.07) is 0. The third-order valence-electron chi connectivity index (χ3n) is 3.76. The van der Waals surface area contributed by atoms with Crippen molar-refractivity contribution in [2.45, 2.75) is 39.8 Å². The summed E-state index contributed by atoms with van der Waals surface area (Å²) >= 11 is 0. The van der Waals surface area contributed by atoms with Crippen molar-refractivity contribution in [1.82, 2.24) is 34.8 Å². The lowest BCUT2D eigenvalue weighted by atomic mass is 10.1. The summed E-state index contributed by atoms with van der Waals surface area (Å²) in [4.78, 5) is 11.0. The zero-order valence-electron chi connectivity index (χ0n) is 15.9. The first-order valence-corrected chi connectivity index (χ1v) is 8.27. The first-order valence-electron chi connectivity index (χ1n) is 8.27. The molecule has 2 rings (SSSR count). The molecular weight excluding hydrogens is 431 g/mol. The van der Waals surface area contributed by atoms with Crippen LogP contribution in [-0.2, 0) is 27.2 Å². The van der Waals surface area contributed by atoms with Gasteiger partial charge in [0.1, 0.15) is 18.7 Å². The lowest BCUT2D eigenvalue weighted by molar-refractivity contribution is 0.472. The Morgan fingerprint density at radius 3 is 2.64 bits per heavy atom. The largest absolute Gasteiger partial charge is 0.357 e. The molecular formula is C16H29IN8. The Balaban J connectivity index is 0.00000312. The number of halogens is 1. The minimum atomic E-state index is 0. The molecule has 0 atom stereocenters. The van der Waals surface area contributed by atoms with Crippen molar-refractivity contribution in [3.05, 3.63) is 29.6 Å². The number of aromatic nitrogens is 5. The van der Waals surface area contributed by atoms with E-state index in [0.717, 1.165) is 30.6 Å². The van der Waals surface area contributed by atoms with Gasteiger partial charge in [0, 0.05) is 46.0 Å². The molecule has 0 aliphatic heterocycles. The third kappa shape index (κ3) is 5.68. The molecule has 25 heavy (non-hydrogen) atoms. The number of nitrogens with one attached hydrogen (secondary N) is 1. The highest BCUT2D eigenvalue weighted by atomic mass is 127. The molecule has 0 unspecified atom stereocenters. The van der Waals surface area contributed by atoms with Gasteiger partial charge in [-0.2, -0.15) is 10.2 Å². The molecule has 9 heteroatoms. The topological polar surface area (TPSA) is 76.2 Å². The molecule has 0 saturated carbocycles. The monoisotopic (exact) mass is 460 g/mol. The van der Waals surface area contributed by atoms with E-state index in [2.05, 4.69) is 57.4 Å². The van der Waals surface area contributed by atoms with Gasteiger partial charge in [0.15, 0.2) is 5.96 Å². The fraction of sp³-hybridized carbons (Fsp3) is 0.625. The Morgan fingerprint density at radius 1 is 1.36 bits per heavy atom. The van der Waals surface area contributed by atoms with Crippen LogP contribution in [0.25, 0.3) is 0 Å². The third-order valence-corrected chi connectivity index (χ3v) is 3.76. The SMILES string of the molecule is CCNC(=NCc1ncnn1C)N(C)Cc1cn(C)nc1C(C)C.I. The Bertz CT molecular complexity index is 688. The summed E-state index contributed by atoms with van der Waals surface area (Å²) in [7, 11) is 5.87. The summed E-state index contributed by atoms with van der Waals surface area (Å²) in [6.45, 7) is 8.46. The Labute approximate surface area is 166 Å². The van der Waals surface area contributed by atoms with Crippen LogP contribution in [0, 0.1) is 0 Å². The van der Waals surface area contributed by atoms with Crippen LogP contribution in [0.2, 0.25) is 0 Å². The van der Waals surface area contributed by atoms with E-state index in [-0.39, 0.29) is 24.0 Å². The van der Waals surface area contributed by atoms with Crippen LogP contribution < -0.4 is 5.32 Å². The van der Waals surface area contributed by atoms with Crippen LogP contribution in [0.1, 0.15) is 43.8 Å². The molecule has 0 radical (unpaired) electrons. The van der Waals surface area contributed by atoms with Gasteiger partial charge in [0.25, 0.3) is 0 Å². The fourth-order valence-corrected chi connectivity index (χ4v) is 2.57. The Kier molecular flexibility index (Phi) is 8.33. The van der Waals surface area contributed by atoms with Gasteiger partial charge in [0.05, 0.1) is 5.69 Å². The van der Waals surface area contributed by atoms with Crippen LogP contribution in [0.5, 0.6) is 0 Å². The van der Waals surface area contributed by atoms with Crippen LogP contribution in [0.15, 0.2) is 17.5 Å². The number of hydrogen-bond acceptors (Lipinski definition) is 4. The number of hydrogen-bond donors (Lipinski definition) is 1. The van der Waals surface area contributed by atoms with E-state index in [1.54, 1.807) is 11.0 Å². The van der Waals surface area contributed by atoms with Crippen LogP contribution in [0.4, 0.5) is 0 Å². The highest BCUT2D eigenvalue weighted by molar-refractivity contribution is 14.0. The van der Waals surface area contributed by atoms with E-state index in [9.17, 15) is 0 Å². The van der Waals surface area contributed by atoms with Gasteiger partial charge in [-0.3, -0.25) is 9.36 Å². The van der Waals surface area contributed by atoms with E-state index in [0.29, 0.717) is 12.5 Å². The number of guanidine groups is 1. The van der Waals surface area contributed by atoms with Crippen molar-refractivity contribution in [2.24, 2.45) is 19.1 Å². The molecule has 0 amide bonds. The highest BCUT2D eigenvalue weighted by Gasteiger charge is 2.15. The van der Waals surface area contributed by atoms with E-state index >= 15 is 0 Å². The molecule has 2 aromatic rings. The van der Waals surface area contributed by atoms with Crippen molar-refractivity contribution >= 4 is 29.9 Å². The van der Waals surface area contributed by atoms with Crippen molar-refractivity contribution in [3.8, 4) is 0 Å². The number of rotatable bonds is 6. The van der Waals surface area contributed by atoms with Gasteiger partial charge >= 0.3 is 0 Å². The van der Waals surface area contributed by atoms with E-state index in [4.69, 9.17) is 0 Å². The minimum absolute atomic E-state index is 0. The first-order chi connectivity index (χ1) is 11.4. The van der Waals surface area contributed by atoms with Gasteiger partial charge in [-0.1, -0.05) is 13.8 Å². The van der Waals surface area contributed by atoms with Crippen LogP contribution >= 0.6 is 24.0 Å². The van der Waals surface area contributed by atoms with Gasteiger partial charge in [0.2, 0.25) is 0 Å².